The summed E-state index contributed by atoms with van der Waals surface area (Å²) >= 11 is 2.70. The number of thiazole rings is 1. The average Bonchev–Trinajstić information content (AvgIpc) is 3.84. The van der Waals surface area contributed by atoms with Crippen LogP contribution in [0.4, 0.5) is 10.8 Å². The number of fused-ring (bicyclic) bond motifs is 1. The molecule has 5 aromatic carbocycles. The average molecular weight is 736 g/mol. The molecule has 0 aliphatic rings. The second kappa shape index (κ2) is 16.3. The van der Waals surface area contributed by atoms with E-state index in [4.69, 9.17) is 4.74 Å². The first-order valence-electron chi connectivity index (χ1n) is 16.6. The first-order chi connectivity index (χ1) is 25.9. The Morgan fingerprint density at radius 3 is 2.34 bits per heavy atom. The van der Waals surface area contributed by atoms with Crippen molar-refractivity contribution in [3.05, 3.63) is 167 Å². The molecule has 4 N–H and O–H groups in total. The van der Waals surface area contributed by atoms with Crippen LogP contribution in [-0.4, -0.2) is 34.8 Å². The van der Waals surface area contributed by atoms with Gasteiger partial charge in [-0.1, -0.05) is 72.8 Å². The monoisotopic (exact) mass is 735 g/mol. The summed E-state index contributed by atoms with van der Waals surface area (Å²) in [5, 5.41) is 11.4. The van der Waals surface area contributed by atoms with Gasteiger partial charge in [-0.25, -0.2) is 4.98 Å². The van der Waals surface area contributed by atoms with E-state index < -0.39 is 17.1 Å². The van der Waals surface area contributed by atoms with Crippen LogP contribution in [0.15, 0.2) is 156 Å². The van der Waals surface area contributed by atoms with E-state index in [1.54, 1.807) is 55.8 Å². The minimum atomic E-state index is -0.627. The molecule has 0 aliphatic heterocycles. The molecule has 53 heavy (non-hydrogen) atoms. The summed E-state index contributed by atoms with van der Waals surface area (Å²) in [6.07, 6.45) is 3.45. The fraction of sp³-hybridized carbons (Fsp3) is 0.0476. The third-order valence-electron chi connectivity index (χ3n) is 8.26. The van der Waals surface area contributed by atoms with Crippen molar-refractivity contribution in [2.24, 2.45) is 0 Å². The normalized spacial score (nSPS) is 11.8. The number of amides is 3. The summed E-state index contributed by atoms with van der Waals surface area (Å²) in [5.41, 5.74) is 5.11. The summed E-state index contributed by atoms with van der Waals surface area (Å²) in [5.74, 6) is -0.403. The number of para-hydroxylation sites is 1. The van der Waals surface area contributed by atoms with E-state index in [-0.39, 0.29) is 11.6 Å². The van der Waals surface area contributed by atoms with Gasteiger partial charge in [0.25, 0.3) is 11.8 Å². The van der Waals surface area contributed by atoms with Crippen molar-refractivity contribution < 1.29 is 19.1 Å². The van der Waals surface area contributed by atoms with E-state index in [0.717, 1.165) is 43.9 Å². The van der Waals surface area contributed by atoms with Crippen LogP contribution >= 0.6 is 23.1 Å². The lowest BCUT2D eigenvalue weighted by atomic mass is 10.1. The van der Waals surface area contributed by atoms with Gasteiger partial charge in [0.2, 0.25) is 5.91 Å². The first kappa shape index (κ1) is 35.0. The number of carbonyl (C=O) groups excluding carboxylic acids is 3. The highest BCUT2D eigenvalue weighted by atomic mass is 32.2. The lowest BCUT2D eigenvalue weighted by molar-refractivity contribution is -0.116. The van der Waals surface area contributed by atoms with Gasteiger partial charge in [0.15, 0.2) is 5.13 Å². The van der Waals surface area contributed by atoms with E-state index >= 15 is 0 Å². The fourth-order valence-corrected chi connectivity index (χ4v) is 7.40. The topological polar surface area (TPSA) is 125 Å². The van der Waals surface area contributed by atoms with E-state index in [1.807, 2.05) is 102 Å². The highest BCUT2D eigenvalue weighted by Gasteiger charge is 2.24. The largest absolute Gasteiger partial charge is 0.497 e. The van der Waals surface area contributed by atoms with Crippen LogP contribution in [0, 0.1) is 0 Å². The molecule has 1 unspecified atom stereocenters. The second-order valence-electron chi connectivity index (χ2n) is 11.8. The van der Waals surface area contributed by atoms with Crippen LogP contribution < -0.4 is 20.7 Å². The second-order valence-corrected chi connectivity index (χ2v) is 13.9. The molecule has 0 aliphatic carbocycles. The number of hydrogen-bond donors (Lipinski definition) is 4. The molecule has 9 nitrogen and oxygen atoms in total. The number of anilines is 2. The maximum absolute atomic E-state index is 13.9. The molecule has 0 radical (unpaired) electrons. The number of benzene rings is 5. The van der Waals surface area contributed by atoms with Crippen molar-refractivity contribution >= 4 is 68.6 Å². The van der Waals surface area contributed by atoms with Crippen molar-refractivity contribution in [2.75, 3.05) is 17.7 Å². The van der Waals surface area contributed by atoms with Gasteiger partial charge in [0.05, 0.1) is 12.8 Å². The molecule has 7 aromatic rings. The number of carbonyl (C=O) groups is 3. The van der Waals surface area contributed by atoms with E-state index in [9.17, 15) is 14.4 Å². The summed E-state index contributed by atoms with van der Waals surface area (Å²) in [7, 11) is 1.62. The molecule has 3 amide bonds. The highest BCUT2D eigenvalue weighted by molar-refractivity contribution is 8.00. The molecule has 0 saturated carbocycles. The van der Waals surface area contributed by atoms with Crippen LogP contribution in [-0.2, 0) is 9.59 Å². The Bertz CT molecular complexity index is 2410. The van der Waals surface area contributed by atoms with Crippen molar-refractivity contribution in [1.29, 1.82) is 0 Å². The third-order valence-corrected chi connectivity index (χ3v) is 10.3. The number of H-pyrrole nitrogens is 1. The lowest BCUT2D eigenvalue weighted by Crippen LogP contribution is -2.30. The molecular formula is C42H33N5O4S2. The summed E-state index contributed by atoms with van der Waals surface area (Å²) in [4.78, 5) is 49.6. The highest BCUT2D eigenvalue weighted by Crippen LogP contribution is 2.38. The van der Waals surface area contributed by atoms with Gasteiger partial charge in [-0.05, 0) is 72.3 Å². The molecule has 2 aromatic heterocycles. The Kier molecular flexibility index (Phi) is 10.7. The Balaban J connectivity index is 1.11. The van der Waals surface area contributed by atoms with Gasteiger partial charge in [0, 0.05) is 49.8 Å². The Labute approximate surface area is 314 Å². The smallest absolute Gasteiger partial charge is 0.272 e. The number of aromatic nitrogens is 2. The maximum Gasteiger partial charge on any atom is 0.272 e. The Morgan fingerprint density at radius 2 is 1.57 bits per heavy atom. The van der Waals surface area contributed by atoms with Crippen LogP contribution in [0.25, 0.3) is 28.2 Å². The van der Waals surface area contributed by atoms with Crippen molar-refractivity contribution in [3.63, 3.8) is 0 Å². The number of ether oxygens (including phenoxy) is 1. The molecule has 0 spiro atoms. The SMILES string of the molecule is COc1ccc(-c2csc(NC(=O)C(Sc3cccc(NC(=O)/C(=C/c4c[nH]c5ccccc45)NC(=O)c4ccccc4)c3)c3ccccc3)n2)cc1. The number of nitrogens with zero attached hydrogens (tertiary/aromatic N) is 1. The number of hydrogen-bond acceptors (Lipinski definition) is 7. The lowest BCUT2D eigenvalue weighted by Gasteiger charge is -2.17. The van der Waals surface area contributed by atoms with Crippen LogP contribution in [0.1, 0.15) is 26.7 Å². The van der Waals surface area contributed by atoms with Crippen molar-refractivity contribution in [1.82, 2.24) is 15.3 Å². The van der Waals surface area contributed by atoms with E-state index in [0.29, 0.717) is 16.4 Å². The number of thioether (sulfide) groups is 1. The molecule has 0 fully saturated rings. The first-order valence-corrected chi connectivity index (χ1v) is 18.4. The third kappa shape index (κ3) is 8.55. The molecule has 0 bridgehead atoms. The maximum atomic E-state index is 13.9. The standard InChI is InChI=1S/C42H33N5O4S2/c1-51-32-21-19-27(20-22-32)37-26-52-42(46-37)47-41(50)38(28-11-4-2-5-12-28)53-33-16-10-15-31(24-33)44-40(49)36(45-39(48)29-13-6-3-7-14-29)23-30-25-43-35-18-9-8-17-34(30)35/h2-26,38,43H,1H3,(H,44,49)(H,45,48)(H,46,47,50)/b36-23-. The van der Waals surface area contributed by atoms with Gasteiger partial charge < -0.3 is 25.7 Å². The summed E-state index contributed by atoms with van der Waals surface area (Å²) < 4.78 is 5.26. The fourth-order valence-electron chi connectivity index (χ4n) is 5.59. The quantitative estimate of drug-likeness (QED) is 0.0733. The van der Waals surface area contributed by atoms with Crippen LogP contribution in [0.3, 0.4) is 0 Å². The van der Waals surface area contributed by atoms with Gasteiger partial charge in [-0.3, -0.25) is 14.4 Å². The zero-order chi connectivity index (χ0) is 36.6. The minimum Gasteiger partial charge on any atom is -0.497 e. The van der Waals surface area contributed by atoms with Crippen LogP contribution in [0.5, 0.6) is 5.75 Å². The zero-order valence-corrected chi connectivity index (χ0v) is 30.0. The van der Waals surface area contributed by atoms with E-state index in [1.165, 1.54) is 23.1 Å². The predicted molar refractivity (Wildman–Crippen MR) is 213 cm³/mol. The Hall–Kier alpha value is -6.43. The summed E-state index contributed by atoms with van der Waals surface area (Å²) in [6.45, 7) is 0. The Morgan fingerprint density at radius 1 is 0.830 bits per heavy atom. The van der Waals surface area contributed by atoms with Gasteiger partial charge in [-0.15, -0.1) is 23.1 Å². The zero-order valence-electron chi connectivity index (χ0n) is 28.4. The molecule has 0 saturated heterocycles. The number of methoxy groups -OCH3 is 1. The number of nitrogens with one attached hydrogen (secondary N) is 4. The van der Waals surface area contributed by atoms with Gasteiger partial charge >= 0.3 is 0 Å². The van der Waals surface area contributed by atoms with Gasteiger partial charge in [0.1, 0.15) is 16.7 Å². The van der Waals surface area contributed by atoms with Crippen molar-refractivity contribution in [3.8, 4) is 17.0 Å². The molecule has 11 heteroatoms. The molecular weight excluding hydrogens is 703 g/mol. The van der Waals surface area contributed by atoms with Crippen LogP contribution in [0.2, 0.25) is 0 Å². The number of aromatic amines is 1. The van der Waals surface area contributed by atoms with E-state index in [2.05, 4.69) is 25.9 Å². The number of rotatable bonds is 12. The van der Waals surface area contributed by atoms with Gasteiger partial charge in [-0.2, -0.15) is 0 Å². The molecule has 262 valence electrons. The van der Waals surface area contributed by atoms with Crippen molar-refractivity contribution in [2.45, 2.75) is 10.1 Å². The molecule has 1 atom stereocenters. The summed E-state index contributed by atoms with van der Waals surface area (Å²) in [6, 6.07) is 40.8. The molecule has 7 rings (SSSR count). The minimum absolute atomic E-state index is 0.0701. The molecule has 2 heterocycles. The predicted octanol–water partition coefficient (Wildman–Crippen LogP) is 9.18.